The van der Waals surface area contributed by atoms with E-state index < -0.39 is 62.0 Å². The molecule has 2 aliphatic carbocycles. The Hall–Kier alpha value is -4.45. The van der Waals surface area contributed by atoms with Gasteiger partial charge in [-0.3, -0.25) is 14.3 Å². The highest BCUT2D eigenvalue weighted by Crippen LogP contribution is 2.47. The number of hydrogen-bond acceptors (Lipinski definition) is 10. The van der Waals surface area contributed by atoms with Gasteiger partial charge in [-0.05, 0) is 64.5 Å². The molecule has 0 spiro atoms. The molecular formula is C35H41F3N6O7S2. The number of benzene rings is 1. The zero-order valence-corrected chi connectivity index (χ0v) is 31.3. The van der Waals surface area contributed by atoms with Crippen LogP contribution in [0.1, 0.15) is 63.1 Å². The fourth-order valence-electron chi connectivity index (χ4n) is 6.21. The van der Waals surface area contributed by atoms with Crippen molar-refractivity contribution in [3.8, 4) is 22.2 Å². The number of methoxy groups -OCH3 is 1. The van der Waals surface area contributed by atoms with Crippen molar-refractivity contribution in [1.29, 1.82) is 0 Å². The first-order valence-corrected chi connectivity index (χ1v) is 19.6. The summed E-state index contributed by atoms with van der Waals surface area (Å²) in [6.45, 7) is 3.58. The summed E-state index contributed by atoms with van der Waals surface area (Å²) in [4.78, 5) is 50.6. The van der Waals surface area contributed by atoms with E-state index in [9.17, 15) is 36.0 Å². The van der Waals surface area contributed by atoms with Crippen LogP contribution in [0.4, 0.5) is 18.0 Å². The number of allylic oxidation sites excluding steroid dienone is 1. The van der Waals surface area contributed by atoms with Crippen LogP contribution in [0, 0.1) is 12.8 Å². The van der Waals surface area contributed by atoms with Gasteiger partial charge in [0.25, 0.3) is 5.91 Å². The van der Waals surface area contributed by atoms with E-state index in [-0.39, 0.29) is 35.9 Å². The maximum absolute atomic E-state index is 14.0. The molecule has 3 heterocycles. The van der Waals surface area contributed by atoms with Gasteiger partial charge in [0.15, 0.2) is 5.69 Å². The Morgan fingerprint density at radius 3 is 2.60 bits per heavy atom. The minimum absolute atomic E-state index is 0.0151. The normalized spacial score (nSPS) is 23.9. The number of sulfonamides is 1. The van der Waals surface area contributed by atoms with Crippen molar-refractivity contribution >= 4 is 50.1 Å². The van der Waals surface area contributed by atoms with Gasteiger partial charge < -0.3 is 25.0 Å². The van der Waals surface area contributed by atoms with Crippen LogP contribution in [0.3, 0.4) is 0 Å². The number of nitrogens with zero attached hydrogens (tertiary/aromatic N) is 3. The number of carbonyl (C=O) groups excluding carboxylic acids is 3. The Morgan fingerprint density at radius 1 is 1.17 bits per heavy atom. The molecule has 0 bridgehead atoms. The van der Waals surface area contributed by atoms with Gasteiger partial charge in [-0.2, -0.15) is 13.2 Å². The lowest BCUT2D eigenvalue weighted by atomic mass is 10.1. The minimum Gasteiger partial charge on any atom is -0.496 e. The molecule has 0 saturated heterocycles. The zero-order valence-electron chi connectivity index (χ0n) is 29.6. The Morgan fingerprint density at radius 2 is 1.92 bits per heavy atom. The van der Waals surface area contributed by atoms with Gasteiger partial charge in [0.05, 0.1) is 24.0 Å². The van der Waals surface area contributed by atoms with Gasteiger partial charge in [-0.1, -0.05) is 12.2 Å². The lowest BCUT2D eigenvalue weighted by Gasteiger charge is -2.26. The molecule has 2 aromatic heterocycles. The van der Waals surface area contributed by atoms with Crippen LogP contribution in [0.2, 0.25) is 0 Å². The second-order valence-corrected chi connectivity index (χ2v) is 17.0. The van der Waals surface area contributed by atoms with Crippen molar-refractivity contribution < 1.29 is 45.4 Å². The van der Waals surface area contributed by atoms with Crippen molar-refractivity contribution in [3.63, 3.8) is 0 Å². The molecule has 1 aromatic carbocycles. The molecule has 53 heavy (non-hydrogen) atoms. The zero-order chi connectivity index (χ0) is 38.3. The number of hydrogen-bond donors (Lipinski definition) is 3. The van der Waals surface area contributed by atoms with Gasteiger partial charge >= 0.3 is 12.2 Å². The number of pyridine rings is 1. The maximum Gasteiger partial charge on any atom is 0.434 e. The first kappa shape index (κ1) is 38.3. The number of alkyl halides is 3. The van der Waals surface area contributed by atoms with Crippen LogP contribution in [0.15, 0.2) is 35.7 Å². The largest absolute Gasteiger partial charge is 0.496 e. The molecule has 3 N–H and O–H groups in total. The Balaban J connectivity index is 1.28. The van der Waals surface area contributed by atoms with E-state index in [1.807, 2.05) is 12.2 Å². The average molecular weight is 779 g/mol. The summed E-state index contributed by atoms with van der Waals surface area (Å²) in [6.07, 6.45) is 2.12. The number of aromatic nitrogens is 2. The van der Waals surface area contributed by atoms with Crippen molar-refractivity contribution in [1.82, 2.24) is 30.2 Å². The molecule has 6 rings (SSSR count). The van der Waals surface area contributed by atoms with E-state index >= 15 is 0 Å². The van der Waals surface area contributed by atoms with Gasteiger partial charge in [-0.15, -0.1) is 11.3 Å². The Kier molecular flexibility index (Phi) is 10.4. The fraction of sp³-hybridized carbons (Fsp3) is 0.514. The van der Waals surface area contributed by atoms with Crippen molar-refractivity contribution in [2.24, 2.45) is 5.92 Å². The first-order valence-electron chi connectivity index (χ1n) is 17.2. The second-order valence-electron chi connectivity index (χ2n) is 14.0. The summed E-state index contributed by atoms with van der Waals surface area (Å²) >= 11 is 0.777. The van der Waals surface area contributed by atoms with Crippen LogP contribution in [0.25, 0.3) is 21.6 Å². The third-order valence-corrected chi connectivity index (χ3v) is 13.1. The smallest absolute Gasteiger partial charge is 0.434 e. The summed E-state index contributed by atoms with van der Waals surface area (Å²) in [6, 6.07) is 3.11. The predicted molar refractivity (Wildman–Crippen MR) is 191 cm³/mol. The van der Waals surface area contributed by atoms with Crippen LogP contribution < -0.4 is 24.8 Å². The molecule has 4 amide bonds. The summed E-state index contributed by atoms with van der Waals surface area (Å²) in [5.41, 5.74) is -1.45. The van der Waals surface area contributed by atoms with Crippen molar-refractivity contribution in [3.05, 3.63) is 47.0 Å². The number of ether oxygens (including phenoxy) is 2. The summed E-state index contributed by atoms with van der Waals surface area (Å²) < 4.78 is 79.0. The predicted octanol–water partition coefficient (Wildman–Crippen LogP) is 5.09. The number of nitrogens with one attached hydrogen (secondary N) is 3. The molecule has 0 radical (unpaired) electrons. The number of aryl methyl sites for hydroxylation is 1. The van der Waals surface area contributed by atoms with Crippen LogP contribution >= 0.6 is 11.3 Å². The lowest BCUT2D eigenvalue weighted by molar-refractivity contribution is -0.140. The Labute approximate surface area is 308 Å². The van der Waals surface area contributed by atoms with Crippen molar-refractivity contribution in [2.45, 2.75) is 81.3 Å². The van der Waals surface area contributed by atoms with E-state index in [4.69, 9.17) is 9.47 Å². The number of rotatable bonds is 9. The van der Waals surface area contributed by atoms with E-state index in [0.717, 1.165) is 23.1 Å². The van der Waals surface area contributed by atoms with Crippen molar-refractivity contribution in [2.75, 3.05) is 27.3 Å². The van der Waals surface area contributed by atoms with Gasteiger partial charge in [0, 0.05) is 48.3 Å². The maximum atomic E-state index is 14.0. The number of thiazole rings is 1. The van der Waals surface area contributed by atoms with Crippen LogP contribution in [-0.4, -0.2) is 84.8 Å². The third kappa shape index (κ3) is 7.93. The average Bonchev–Trinajstić information content (AvgIpc) is 3.96. The molecular weight excluding hydrogens is 738 g/mol. The molecule has 3 atom stereocenters. The van der Waals surface area contributed by atoms with E-state index in [1.165, 1.54) is 18.1 Å². The molecule has 3 aliphatic rings. The van der Waals surface area contributed by atoms with Gasteiger partial charge in [0.2, 0.25) is 15.9 Å². The van der Waals surface area contributed by atoms with E-state index in [1.54, 1.807) is 33.0 Å². The quantitative estimate of drug-likeness (QED) is 0.251. The number of fused-ring (bicyclic) bond motifs is 2. The number of carbonyl (C=O) groups is 3. The number of halogens is 3. The molecule has 286 valence electrons. The third-order valence-electron chi connectivity index (χ3n) is 10.1. The molecule has 13 nitrogen and oxygen atoms in total. The van der Waals surface area contributed by atoms with E-state index in [0.29, 0.717) is 54.4 Å². The molecule has 2 fully saturated rings. The Bertz CT molecular complexity index is 2070. The van der Waals surface area contributed by atoms with E-state index in [2.05, 4.69) is 25.3 Å². The highest BCUT2D eigenvalue weighted by atomic mass is 32.2. The number of urea groups is 1. The molecule has 1 aliphatic heterocycles. The van der Waals surface area contributed by atoms with Gasteiger partial charge in [-0.25, -0.2) is 23.2 Å². The minimum atomic E-state index is -4.64. The highest BCUT2D eigenvalue weighted by molar-refractivity contribution is 7.91. The lowest BCUT2D eigenvalue weighted by Crippen LogP contribution is -2.58. The molecule has 0 unspecified atom stereocenters. The fourth-order valence-corrected chi connectivity index (χ4v) is 8.31. The monoisotopic (exact) mass is 778 g/mol. The molecule has 3 aromatic rings. The first-order chi connectivity index (χ1) is 25.0. The molecule has 18 heteroatoms. The summed E-state index contributed by atoms with van der Waals surface area (Å²) in [5, 5.41) is 6.94. The summed E-state index contributed by atoms with van der Waals surface area (Å²) in [5.74, 6) is -1.27. The topological polar surface area (TPSA) is 169 Å². The van der Waals surface area contributed by atoms with Crippen LogP contribution in [0.5, 0.6) is 11.5 Å². The molecule has 2 saturated carbocycles. The number of amides is 4. The second kappa shape index (κ2) is 14.4. The van der Waals surface area contributed by atoms with Crippen LogP contribution in [-0.2, 0) is 25.8 Å². The van der Waals surface area contributed by atoms with Gasteiger partial charge in [0.1, 0.15) is 33.8 Å². The summed E-state index contributed by atoms with van der Waals surface area (Å²) in [7, 11) is -0.918. The standard InChI is InChI=1S/C35H41F3N6O7S2/c1-20-25(50-4)11-10-22-26(17-24(39-28(20)22)30-41-27(19-52-30)35(36,37)38)51-16-12-23-29(45)42-34(31(46)43-53(48,49)33(2)13-14-33)18-21(34)9-7-5-6-8-15-44(3)32(47)40-23/h7,9-11,17,19,21,23H,5-6,8,12-16,18H2,1-4H3,(H,40,47)(H,42,45)(H,43,46)/b9-7-/t21-,23+,34-/m1/s1. The highest BCUT2D eigenvalue weighted by Gasteiger charge is 2.62. The SMILES string of the molecule is COc1ccc2c(OCC[C@@H]3NC(=O)N(C)CCCC/C=C\[C@@H]4C[C@@]4(C(=O)NS(=O)(=O)C4(C)CC4)NC3=O)cc(-c3nc(C(F)(F)F)cs3)nc2c1C.